The third kappa shape index (κ3) is 4.22. The van der Waals surface area contributed by atoms with Crippen LogP contribution in [0.4, 0.5) is 0 Å². The van der Waals surface area contributed by atoms with Gasteiger partial charge in [0.1, 0.15) is 6.10 Å². The molecule has 1 aromatic heterocycles. The number of amidine groups is 1. The fourth-order valence-electron chi connectivity index (χ4n) is 3.64. The number of thiophene rings is 1. The summed E-state index contributed by atoms with van der Waals surface area (Å²) < 4.78 is 6.18. The van der Waals surface area contributed by atoms with Crippen molar-refractivity contribution < 1.29 is 9.53 Å². The maximum Gasteiger partial charge on any atom is 0.288 e. The van der Waals surface area contributed by atoms with E-state index >= 15 is 0 Å². The van der Waals surface area contributed by atoms with Crippen LogP contribution in [0.2, 0.25) is 0 Å². The molecule has 1 N–H and O–H groups in total. The van der Waals surface area contributed by atoms with Crippen LogP contribution in [0.5, 0.6) is 0 Å². The summed E-state index contributed by atoms with van der Waals surface area (Å²) in [5.74, 6) is 0.263. The Balaban J connectivity index is 1.35. The molecule has 0 spiro atoms. The van der Waals surface area contributed by atoms with E-state index in [-0.39, 0.29) is 24.0 Å². The molecule has 1 aromatic carbocycles. The summed E-state index contributed by atoms with van der Waals surface area (Å²) >= 11 is 1.71. The number of carbonyl (C=O) groups is 1. The summed E-state index contributed by atoms with van der Waals surface area (Å²) in [5.41, 5.74) is 1.14. The van der Waals surface area contributed by atoms with Crippen molar-refractivity contribution >= 4 is 23.1 Å². The second-order valence-corrected chi connectivity index (χ2v) is 8.13. The first-order chi connectivity index (χ1) is 13.2. The Kier molecular flexibility index (Phi) is 5.55. The molecule has 3 heterocycles. The van der Waals surface area contributed by atoms with Gasteiger partial charge < -0.3 is 15.0 Å². The number of nitrogens with zero attached hydrogens (tertiary/aromatic N) is 2. The molecule has 142 valence electrons. The topological polar surface area (TPSA) is 53.9 Å². The lowest BCUT2D eigenvalue weighted by Gasteiger charge is -2.33. The minimum absolute atomic E-state index is 0.0518. The van der Waals surface area contributed by atoms with Gasteiger partial charge in [0.25, 0.3) is 6.02 Å². The number of carbonyl (C=O) groups excluding carboxylic acids is 1. The molecule has 2 aliphatic heterocycles. The molecule has 27 heavy (non-hydrogen) atoms. The molecule has 6 heteroatoms. The zero-order valence-electron chi connectivity index (χ0n) is 15.5. The minimum atomic E-state index is -0.156. The number of hydrogen-bond donors (Lipinski definition) is 1. The third-order valence-corrected chi connectivity index (χ3v) is 6.08. The van der Waals surface area contributed by atoms with Crippen molar-refractivity contribution in [3.63, 3.8) is 0 Å². The van der Waals surface area contributed by atoms with Gasteiger partial charge in [-0.3, -0.25) is 4.79 Å². The van der Waals surface area contributed by atoms with Crippen molar-refractivity contribution in [1.29, 1.82) is 0 Å². The monoisotopic (exact) mass is 383 g/mol. The fourth-order valence-corrected chi connectivity index (χ4v) is 4.35. The first-order valence-electron chi connectivity index (χ1n) is 9.53. The molecular formula is C21H25N3O2S. The lowest BCUT2D eigenvalue weighted by Crippen LogP contribution is -2.55. The lowest BCUT2D eigenvalue weighted by molar-refractivity contribution is -0.121. The summed E-state index contributed by atoms with van der Waals surface area (Å²) in [6.45, 7) is 4.27. The molecule has 3 atom stereocenters. The van der Waals surface area contributed by atoms with Crippen LogP contribution < -0.4 is 5.32 Å². The summed E-state index contributed by atoms with van der Waals surface area (Å²) in [7, 11) is 0. The van der Waals surface area contributed by atoms with Crippen molar-refractivity contribution in [3.05, 3.63) is 58.3 Å². The van der Waals surface area contributed by atoms with E-state index in [1.54, 1.807) is 11.3 Å². The van der Waals surface area contributed by atoms with Crippen LogP contribution in [0.15, 0.2) is 52.8 Å². The number of piperazine rings is 1. The van der Waals surface area contributed by atoms with Crippen LogP contribution in [0, 0.1) is 0 Å². The van der Waals surface area contributed by atoms with E-state index < -0.39 is 0 Å². The highest BCUT2D eigenvalue weighted by Crippen LogP contribution is 2.30. The van der Waals surface area contributed by atoms with Crippen LogP contribution >= 0.6 is 11.3 Å². The molecular weight excluding hydrogens is 358 g/mol. The van der Waals surface area contributed by atoms with Gasteiger partial charge in [-0.05, 0) is 30.4 Å². The number of ether oxygens (including phenoxy) is 1. The second kappa shape index (κ2) is 8.23. The zero-order chi connectivity index (χ0) is 18.6. The number of ketones is 1. The van der Waals surface area contributed by atoms with Crippen molar-refractivity contribution in [3.8, 4) is 0 Å². The Morgan fingerprint density at radius 1 is 1.30 bits per heavy atom. The Bertz CT molecular complexity index is 791. The molecule has 4 rings (SSSR count). The third-order valence-electron chi connectivity index (χ3n) is 5.15. The number of aryl methyl sites for hydroxylation is 1. The van der Waals surface area contributed by atoms with Crippen molar-refractivity contribution in [2.24, 2.45) is 4.99 Å². The second-order valence-electron chi connectivity index (χ2n) is 7.10. The van der Waals surface area contributed by atoms with E-state index in [0.29, 0.717) is 19.0 Å². The molecule has 1 saturated heterocycles. The highest BCUT2D eigenvalue weighted by molar-refractivity contribution is 7.09. The largest absolute Gasteiger partial charge is 0.455 e. The Labute approximate surface area is 164 Å². The van der Waals surface area contributed by atoms with Crippen LogP contribution in [0.1, 0.15) is 29.9 Å². The van der Waals surface area contributed by atoms with Gasteiger partial charge >= 0.3 is 0 Å². The average Bonchev–Trinajstić information content (AvgIpc) is 3.36. The molecule has 0 radical (unpaired) electrons. The van der Waals surface area contributed by atoms with E-state index in [1.807, 2.05) is 24.3 Å². The van der Waals surface area contributed by atoms with Crippen molar-refractivity contribution in [1.82, 2.24) is 10.2 Å². The highest BCUT2D eigenvalue weighted by Gasteiger charge is 2.34. The van der Waals surface area contributed by atoms with Crippen LogP contribution in [-0.2, 0) is 16.0 Å². The van der Waals surface area contributed by atoms with E-state index in [9.17, 15) is 4.79 Å². The normalized spacial score (nSPS) is 25.1. The fraction of sp³-hybridized carbons (Fsp3) is 0.429. The van der Waals surface area contributed by atoms with Gasteiger partial charge in [-0.1, -0.05) is 36.4 Å². The van der Waals surface area contributed by atoms with Crippen LogP contribution in [-0.4, -0.2) is 48.4 Å². The summed E-state index contributed by atoms with van der Waals surface area (Å²) in [4.78, 5) is 20.7. The average molecular weight is 384 g/mol. The first-order valence-corrected chi connectivity index (χ1v) is 10.4. The molecule has 0 aliphatic carbocycles. The quantitative estimate of drug-likeness (QED) is 0.862. The van der Waals surface area contributed by atoms with Gasteiger partial charge in [0, 0.05) is 30.9 Å². The van der Waals surface area contributed by atoms with E-state index in [4.69, 9.17) is 9.73 Å². The van der Waals surface area contributed by atoms with Crippen LogP contribution in [0.25, 0.3) is 0 Å². The molecule has 2 aromatic rings. The maximum atomic E-state index is 12.6. The van der Waals surface area contributed by atoms with Gasteiger partial charge in [-0.25, -0.2) is 4.99 Å². The van der Waals surface area contributed by atoms with Crippen molar-refractivity contribution in [2.75, 3.05) is 19.6 Å². The molecule has 0 bridgehead atoms. The Morgan fingerprint density at radius 3 is 2.93 bits per heavy atom. The van der Waals surface area contributed by atoms with Gasteiger partial charge in [0.05, 0.1) is 12.1 Å². The minimum Gasteiger partial charge on any atom is -0.455 e. The number of rotatable bonds is 5. The number of nitrogens with one attached hydrogen (secondary N) is 1. The van der Waals surface area contributed by atoms with Gasteiger partial charge in [-0.15, -0.1) is 11.3 Å². The summed E-state index contributed by atoms with van der Waals surface area (Å²) in [5, 5.41) is 5.41. The molecule has 1 fully saturated rings. The maximum absolute atomic E-state index is 12.6. The van der Waals surface area contributed by atoms with Crippen LogP contribution in [0.3, 0.4) is 0 Å². The Hall–Kier alpha value is -2.18. The Morgan fingerprint density at radius 2 is 2.15 bits per heavy atom. The van der Waals surface area contributed by atoms with Gasteiger partial charge in [0.2, 0.25) is 0 Å². The van der Waals surface area contributed by atoms with E-state index in [2.05, 4.69) is 40.7 Å². The smallest absolute Gasteiger partial charge is 0.288 e. The molecule has 0 amide bonds. The van der Waals surface area contributed by atoms with Gasteiger partial charge in [0.15, 0.2) is 5.78 Å². The van der Waals surface area contributed by atoms with E-state index in [1.165, 1.54) is 4.88 Å². The summed E-state index contributed by atoms with van der Waals surface area (Å²) in [6, 6.07) is 14.9. The van der Waals surface area contributed by atoms with Crippen molar-refractivity contribution in [2.45, 2.75) is 38.0 Å². The molecule has 0 saturated carbocycles. The molecule has 0 unspecified atom stereocenters. The standard InChI is InChI=1S/C21H25N3O2S/c1-15-20(16-6-3-2-4-7-16)26-21(23-15)24-12-11-22-18(14-24)19(25)10-9-17-8-5-13-27-17/h2-8,13,15,18,20,22H,9-12,14H2,1H3/t15-,18-,20+/m0/s1. The predicted octanol–water partition coefficient (Wildman–Crippen LogP) is 3.04. The summed E-state index contributed by atoms with van der Waals surface area (Å²) in [6.07, 6.45) is 1.34. The number of benzene rings is 1. The highest BCUT2D eigenvalue weighted by atomic mass is 32.1. The number of Topliss-reactive ketones (excluding diaryl/α,β-unsaturated/α-hetero) is 1. The van der Waals surface area contributed by atoms with Gasteiger partial charge in [-0.2, -0.15) is 0 Å². The molecule has 2 aliphatic rings. The number of hydrogen-bond acceptors (Lipinski definition) is 6. The van der Waals surface area contributed by atoms with E-state index in [0.717, 1.165) is 25.1 Å². The zero-order valence-corrected chi connectivity index (χ0v) is 16.3. The molecule has 5 nitrogen and oxygen atoms in total. The first kappa shape index (κ1) is 18.2. The predicted molar refractivity (Wildman–Crippen MR) is 108 cm³/mol. The SMILES string of the molecule is C[C@@H]1N=C(N2CCN[C@H](C(=O)CCc3cccs3)C2)O[C@H]1c1ccccc1. The number of aliphatic imine (C=N–C) groups is 1. The lowest BCUT2D eigenvalue weighted by atomic mass is 10.0.